The standard InChI is InChI=1S/C10H12N2O4S/c1-4-8(14)7(6(13)2-11-4)9-12-5(3-17-9)10(15)16/h2,5,9,12-14H,3H2,1H3,(H,15,16). The van der Waals surface area contributed by atoms with Crippen LogP contribution in [0.2, 0.25) is 0 Å². The molecule has 0 radical (unpaired) electrons. The molecular formula is C10H12N2O4S. The van der Waals surface area contributed by atoms with E-state index in [0.717, 1.165) is 0 Å². The molecular weight excluding hydrogens is 244 g/mol. The van der Waals surface area contributed by atoms with Crippen molar-refractivity contribution in [1.82, 2.24) is 10.3 Å². The van der Waals surface area contributed by atoms with Gasteiger partial charge in [0.25, 0.3) is 0 Å². The number of hydrogen-bond acceptors (Lipinski definition) is 6. The lowest BCUT2D eigenvalue weighted by Gasteiger charge is -2.15. The SMILES string of the molecule is Cc1ncc(O)c(C2NC(C(=O)O)CS2)c1O. The summed E-state index contributed by atoms with van der Waals surface area (Å²) in [6, 6.07) is -0.669. The van der Waals surface area contributed by atoms with Crippen LogP contribution in [0.25, 0.3) is 0 Å². The predicted octanol–water partition coefficient (Wildman–Crippen LogP) is 0.589. The van der Waals surface area contributed by atoms with Crippen LogP contribution in [0.1, 0.15) is 16.6 Å². The fraction of sp³-hybridized carbons (Fsp3) is 0.400. The molecule has 1 aliphatic heterocycles. The first-order valence-electron chi connectivity index (χ1n) is 4.98. The molecule has 0 saturated carbocycles. The largest absolute Gasteiger partial charge is 0.506 e. The Morgan fingerprint density at radius 2 is 2.29 bits per heavy atom. The quantitative estimate of drug-likeness (QED) is 0.614. The number of nitrogens with one attached hydrogen (secondary N) is 1. The third kappa shape index (κ3) is 2.16. The van der Waals surface area contributed by atoms with Gasteiger partial charge in [0, 0.05) is 5.75 Å². The third-order valence-electron chi connectivity index (χ3n) is 2.60. The number of aryl methyl sites for hydroxylation is 1. The monoisotopic (exact) mass is 256 g/mol. The van der Waals surface area contributed by atoms with E-state index in [1.54, 1.807) is 6.92 Å². The maximum atomic E-state index is 10.8. The van der Waals surface area contributed by atoms with E-state index in [2.05, 4.69) is 10.3 Å². The van der Waals surface area contributed by atoms with Crippen molar-refractivity contribution in [2.75, 3.05) is 5.75 Å². The summed E-state index contributed by atoms with van der Waals surface area (Å²) in [7, 11) is 0. The molecule has 4 N–H and O–H groups in total. The molecule has 0 bridgehead atoms. The van der Waals surface area contributed by atoms with E-state index in [0.29, 0.717) is 17.0 Å². The summed E-state index contributed by atoms with van der Waals surface area (Å²) in [5.74, 6) is -0.782. The van der Waals surface area contributed by atoms with Crippen molar-refractivity contribution >= 4 is 17.7 Å². The molecule has 92 valence electrons. The van der Waals surface area contributed by atoms with E-state index >= 15 is 0 Å². The Morgan fingerprint density at radius 3 is 2.88 bits per heavy atom. The molecule has 2 atom stereocenters. The topological polar surface area (TPSA) is 103 Å². The second-order valence-electron chi connectivity index (χ2n) is 3.76. The summed E-state index contributed by atoms with van der Waals surface area (Å²) >= 11 is 1.33. The van der Waals surface area contributed by atoms with Gasteiger partial charge in [0.2, 0.25) is 0 Å². The van der Waals surface area contributed by atoms with Crippen molar-refractivity contribution < 1.29 is 20.1 Å². The lowest BCUT2D eigenvalue weighted by molar-refractivity contribution is -0.138. The summed E-state index contributed by atoms with van der Waals surface area (Å²) in [6.07, 6.45) is 1.25. The Morgan fingerprint density at radius 1 is 1.59 bits per heavy atom. The number of hydrogen-bond donors (Lipinski definition) is 4. The fourth-order valence-electron chi connectivity index (χ4n) is 1.64. The van der Waals surface area contributed by atoms with Gasteiger partial charge in [-0.1, -0.05) is 0 Å². The molecule has 17 heavy (non-hydrogen) atoms. The van der Waals surface area contributed by atoms with Gasteiger partial charge in [0.05, 0.1) is 22.8 Å². The summed E-state index contributed by atoms with van der Waals surface area (Å²) in [6.45, 7) is 1.62. The van der Waals surface area contributed by atoms with Gasteiger partial charge < -0.3 is 15.3 Å². The first kappa shape index (κ1) is 12.0. The highest BCUT2D eigenvalue weighted by atomic mass is 32.2. The highest BCUT2D eigenvalue weighted by Gasteiger charge is 2.33. The van der Waals surface area contributed by atoms with Gasteiger partial charge in [0.15, 0.2) is 0 Å². The number of pyridine rings is 1. The van der Waals surface area contributed by atoms with Gasteiger partial charge >= 0.3 is 5.97 Å². The van der Waals surface area contributed by atoms with Crippen molar-refractivity contribution in [3.63, 3.8) is 0 Å². The van der Waals surface area contributed by atoms with Crippen LogP contribution in [-0.4, -0.2) is 38.1 Å². The Kier molecular flexibility index (Phi) is 3.12. The molecule has 0 spiro atoms. The Hall–Kier alpha value is -1.47. The highest BCUT2D eigenvalue weighted by molar-refractivity contribution is 7.99. The molecule has 1 saturated heterocycles. The smallest absolute Gasteiger partial charge is 0.321 e. The molecule has 0 aromatic carbocycles. The lowest BCUT2D eigenvalue weighted by Crippen LogP contribution is -2.33. The van der Waals surface area contributed by atoms with Crippen LogP contribution in [0.15, 0.2) is 6.20 Å². The van der Waals surface area contributed by atoms with Gasteiger partial charge in [-0.2, -0.15) is 0 Å². The molecule has 1 aromatic rings. The molecule has 2 heterocycles. The summed E-state index contributed by atoms with van der Waals surface area (Å²) < 4.78 is 0. The Bertz CT molecular complexity index is 466. The van der Waals surface area contributed by atoms with Crippen molar-refractivity contribution in [2.24, 2.45) is 0 Å². The van der Waals surface area contributed by atoms with Crippen LogP contribution in [0.4, 0.5) is 0 Å². The number of carbonyl (C=O) groups is 1. The van der Waals surface area contributed by atoms with Crippen molar-refractivity contribution in [1.29, 1.82) is 0 Å². The van der Waals surface area contributed by atoms with Gasteiger partial charge in [-0.25, -0.2) is 0 Å². The Labute approximate surface area is 102 Å². The maximum Gasteiger partial charge on any atom is 0.321 e. The number of carboxylic acids is 1. The normalized spacial score (nSPS) is 23.8. The van der Waals surface area contributed by atoms with Crippen molar-refractivity contribution in [3.8, 4) is 11.5 Å². The number of aliphatic carboxylic acids is 1. The molecule has 0 aliphatic carbocycles. The maximum absolute atomic E-state index is 10.8. The van der Waals surface area contributed by atoms with Crippen molar-refractivity contribution in [3.05, 3.63) is 17.5 Å². The minimum absolute atomic E-state index is 0.0963. The summed E-state index contributed by atoms with van der Waals surface area (Å²) in [5.41, 5.74) is 0.699. The van der Waals surface area contributed by atoms with Crippen LogP contribution >= 0.6 is 11.8 Å². The zero-order valence-electron chi connectivity index (χ0n) is 9.04. The molecule has 1 aliphatic rings. The summed E-state index contributed by atoms with van der Waals surface area (Å²) in [4.78, 5) is 14.6. The van der Waals surface area contributed by atoms with Crippen molar-refractivity contribution in [2.45, 2.75) is 18.3 Å². The summed E-state index contributed by atoms with van der Waals surface area (Å²) in [5, 5.41) is 30.8. The van der Waals surface area contributed by atoms with E-state index in [4.69, 9.17) is 5.11 Å². The van der Waals surface area contributed by atoms with Crippen LogP contribution in [0.5, 0.6) is 11.5 Å². The molecule has 6 nitrogen and oxygen atoms in total. The molecule has 1 fully saturated rings. The van der Waals surface area contributed by atoms with Gasteiger partial charge in [-0.3, -0.25) is 15.1 Å². The van der Waals surface area contributed by atoms with E-state index in [1.165, 1.54) is 18.0 Å². The zero-order chi connectivity index (χ0) is 12.6. The van der Waals surface area contributed by atoms with Crippen LogP contribution < -0.4 is 5.32 Å². The molecule has 7 heteroatoms. The predicted molar refractivity (Wildman–Crippen MR) is 62.1 cm³/mol. The average Bonchev–Trinajstić information content (AvgIpc) is 2.73. The molecule has 2 rings (SSSR count). The number of aromatic hydroxyl groups is 2. The minimum atomic E-state index is -0.940. The zero-order valence-corrected chi connectivity index (χ0v) is 9.86. The van der Waals surface area contributed by atoms with E-state index in [-0.39, 0.29) is 11.5 Å². The second kappa shape index (κ2) is 4.42. The van der Waals surface area contributed by atoms with Gasteiger partial charge in [-0.15, -0.1) is 11.8 Å². The minimum Gasteiger partial charge on any atom is -0.506 e. The number of rotatable bonds is 2. The number of aromatic nitrogens is 1. The van der Waals surface area contributed by atoms with E-state index in [9.17, 15) is 15.0 Å². The first-order chi connectivity index (χ1) is 8.00. The number of carboxylic acid groups (broad SMARTS) is 1. The second-order valence-corrected chi connectivity index (χ2v) is 4.90. The molecule has 0 amide bonds. The van der Waals surface area contributed by atoms with Crippen LogP contribution in [0.3, 0.4) is 0 Å². The van der Waals surface area contributed by atoms with E-state index in [1.807, 2.05) is 0 Å². The molecule has 2 unspecified atom stereocenters. The highest BCUT2D eigenvalue weighted by Crippen LogP contribution is 2.42. The Balaban J connectivity index is 2.30. The number of thioether (sulfide) groups is 1. The third-order valence-corrected chi connectivity index (χ3v) is 3.83. The molecule has 1 aromatic heterocycles. The van der Waals surface area contributed by atoms with Crippen LogP contribution in [-0.2, 0) is 4.79 Å². The van der Waals surface area contributed by atoms with Gasteiger partial charge in [0.1, 0.15) is 17.5 Å². The number of nitrogens with zero attached hydrogens (tertiary/aromatic N) is 1. The van der Waals surface area contributed by atoms with Gasteiger partial charge in [-0.05, 0) is 6.92 Å². The lowest BCUT2D eigenvalue weighted by atomic mass is 10.1. The average molecular weight is 256 g/mol. The first-order valence-corrected chi connectivity index (χ1v) is 6.03. The van der Waals surface area contributed by atoms with Crippen LogP contribution in [0, 0.1) is 6.92 Å². The van der Waals surface area contributed by atoms with E-state index < -0.39 is 17.4 Å². The fourth-order valence-corrected chi connectivity index (χ4v) is 2.93.